The number of amides is 2. The predicted octanol–water partition coefficient (Wildman–Crippen LogP) is 3.50. The third-order valence-corrected chi connectivity index (χ3v) is 7.67. The summed E-state index contributed by atoms with van der Waals surface area (Å²) in [5.74, 6) is -5.28. The number of hydrogen-bond acceptors (Lipinski definition) is 9. The molecule has 1 aromatic carbocycles. The monoisotopic (exact) mass is 588 g/mol. The molecule has 0 spiro atoms. The molecule has 5 rings (SSSR count). The van der Waals surface area contributed by atoms with E-state index >= 15 is 8.78 Å². The first kappa shape index (κ1) is 29.6. The molecule has 13 heteroatoms. The Morgan fingerprint density at radius 3 is 2.43 bits per heavy atom. The lowest BCUT2D eigenvalue weighted by Gasteiger charge is -2.37. The zero-order chi connectivity index (χ0) is 30.2. The first-order chi connectivity index (χ1) is 19.9. The van der Waals surface area contributed by atoms with Gasteiger partial charge in [0.05, 0.1) is 37.4 Å². The number of alkyl halides is 2. The minimum Gasteiger partial charge on any atom is -0.471 e. The van der Waals surface area contributed by atoms with Crippen molar-refractivity contribution in [2.75, 3.05) is 20.3 Å². The van der Waals surface area contributed by atoms with Crippen molar-refractivity contribution in [2.45, 2.75) is 76.4 Å². The number of para-hydroxylation sites is 2. The Hall–Kier alpha value is -3.87. The van der Waals surface area contributed by atoms with Gasteiger partial charge in [0.15, 0.2) is 5.69 Å². The first-order valence-electron chi connectivity index (χ1n) is 13.8. The van der Waals surface area contributed by atoms with Crippen LogP contribution in [0, 0.1) is 5.41 Å². The van der Waals surface area contributed by atoms with Crippen molar-refractivity contribution in [3.05, 3.63) is 42.1 Å². The highest BCUT2D eigenvalue weighted by Gasteiger charge is 2.48. The molecule has 2 aliphatic heterocycles. The molecular formula is C29H34F2N4O7. The number of ether oxygens (including phenoxy) is 4. The summed E-state index contributed by atoms with van der Waals surface area (Å²) in [6.45, 7) is 5.00. The Bertz CT molecular complexity index is 1400. The van der Waals surface area contributed by atoms with E-state index in [1.807, 2.05) is 0 Å². The number of alkyl carbamates (subject to hydrolysis) is 1. The number of aromatic nitrogens is 2. The van der Waals surface area contributed by atoms with Gasteiger partial charge in [0.2, 0.25) is 11.8 Å². The van der Waals surface area contributed by atoms with Crippen LogP contribution >= 0.6 is 0 Å². The smallest absolute Gasteiger partial charge is 0.408 e. The third kappa shape index (κ3) is 6.01. The van der Waals surface area contributed by atoms with Gasteiger partial charge in [-0.3, -0.25) is 4.79 Å². The fourth-order valence-corrected chi connectivity index (χ4v) is 5.25. The van der Waals surface area contributed by atoms with Crippen molar-refractivity contribution in [3.63, 3.8) is 0 Å². The molecule has 2 amide bonds. The van der Waals surface area contributed by atoms with Gasteiger partial charge in [-0.25, -0.2) is 19.6 Å². The van der Waals surface area contributed by atoms with Gasteiger partial charge in [0, 0.05) is 6.42 Å². The van der Waals surface area contributed by atoms with Crippen LogP contribution in [0.25, 0.3) is 11.0 Å². The number of methoxy groups -OCH3 is 1. The summed E-state index contributed by atoms with van der Waals surface area (Å²) in [7, 11) is 1.19. The number of rotatable bonds is 1. The number of benzene rings is 1. The van der Waals surface area contributed by atoms with E-state index in [9.17, 15) is 14.4 Å². The van der Waals surface area contributed by atoms with E-state index in [1.165, 1.54) is 18.1 Å². The second kappa shape index (κ2) is 11.4. The molecule has 1 aliphatic carbocycles. The van der Waals surface area contributed by atoms with E-state index in [4.69, 9.17) is 18.9 Å². The SMILES string of the molecule is COC(=O)C1CC2CN1C(=O)C(C(C)(C)C)NC(=O)OC1CCC1OCC=CC(F)(F)c1nc3ccccc3nc1O2. The van der Waals surface area contributed by atoms with Gasteiger partial charge < -0.3 is 29.2 Å². The number of carbonyl (C=O) groups excluding carboxylic acids is 3. The van der Waals surface area contributed by atoms with Crippen molar-refractivity contribution in [1.82, 2.24) is 20.2 Å². The summed E-state index contributed by atoms with van der Waals surface area (Å²) in [5, 5.41) is 2.67. The lowest BCUT2D eigenvalue weighted by atomic mass is 9.85. The van der Waals surface area contributed by atoms with E-state index in [0.29, 0.717) is 24.4 Å². The number of halogens is 2. The Labute approximate surface area is 241 Å². The third-order valence-electron chi connectivity index (χ3n) is 7.67. The van der Waals surface area contributed by atoms with Gasteiger partial charge in [-0.2, -0.15) is 8.78 Å². The van der Waals surface area contributed by atoms with Gasteiger partial charge in [0.25, 0.3) is 0 Å². The molecule has 2 bridgehead atoms. The molecule has 11 nitrogen and oxygen atoms in total. The van der Waals surface area contributed by atoms with E-state index in [-0.39, 0.29) is 25.1 Å². The number of esters is 1. The summed E-state index contributed by atoms with van der Waals surface area (Å²) >= 11 is 0. The largest absolute Gasteiger partial charge is 0.471 e. The molecule has 1 saturated carbocycles. The molecule has 42 heavy (non-hydrogen) atoms. The molecule has 0 radical (unpaired) electrons. The Balaban J connectivity index is 1.56. The van der Waals surface area contributed by atoms with Gasteiger partial charge in [-0.15, -0.1) is 0 Å². The van der Waals surface area contributed by atoms with Gasteiger partial charge in [0.1, 0.15) is 24.3 Å². The van der Waals surface area contributed by atoms with Crippen molar-refractivity contribution in [2.24, 2.45) is 5.41 Å². The van der Waals surface area contributed by atoms with Crippen molar-refractivity contribution >= 4 is 29.0 Å². The van der Waals surface area contributed by atoms with Gasteiger partial charge in [-0.05, 0) is 36.5 Å². The average Bonchev–Trinajstić information content (AvgIpc) is 3.35. The highest BCUT2D eigenvalue weighted by atomic mass is 19.3. The fraction of sp³-hybridized carbons (Fsp3) is 0.552. The predicted molar refractivity (Wildman–Crippen MR) is 145 cm³/mol. The van der Waals surface area contributed by atoms with Crippen LogP contribution in [0.1, 0.15) is 45.7 Å². The number of carbonyl (C=O) groups is 3. The van der Waals surface area contributed by atoms with Crippen LogP contribution < -0.4 is 10.1 Å². The number of hydrogen-bond donors (Lipinski definition) is 1. The molecule has 1 saturated heterocycles. The summed E-state index contributed by atoms with van der Waals surface area (Å²) in [4.78, 5) is 49.3. The van der Waals surface area contributed by atoms with Crippen LogP contribution in [-0.2, 0) is 29.7 Å². The molecule has 5 unspecified atom stereocenters. The van der Waals surface area contributed by atoms with Crippen LogP contribution in [0.3, 0.4) is 0 Å². The van der Waals surface area contributed by atoms with Crippen LogP contribution in [0.2, 0.25) is 0 Å². The van der Waals surface area contributed by atoms with E-state index in [2.05, 4.69) is 15.3 Å². The summed E-state index contributed by atoms with van der Waals surface area (Å²) in [6.07, 6.45) is 0.0905. The van der Waals surface area contributed by atoms with Gasteiger partial charge >= 0.3 is 18.0 Å². The van der Waals surface area contributed by atoms with Crippen LogP contribution in [0.4, 0.5) is 13.6 Å². The minimum absolute atomic E-state index is 0.0489. The molecule has 5 atom stereocenters. The van der Waals surface area contributed by atoms with Gasteiger partial charge in [-0.1, -0.05) is 39.0 Å². The summed E-state index contributed by atoms with van der Waals surface area (Å²) in [5.41, 5.74) is -0.901. The Kier molecular flexibility index (Phi) is 8.06. The highest BCUT2D eigenvalue weighted by Crippen LogP contribution is 2.37. The number of nitrogens with one attached hydrogen (secondary N) is 1. The lowest BCUT2D eigenvalue weighted by Crippen LogP contribution is -2.58. The maximum Gasteiger partial charge on any atom is 0.408 e. The molecule has 3 aliphatic rings. The maximum absolute atomic E-state index is 15.6. The highest BCUT2D eigenvalue weighted by molar-refractivity contribution is 5.91. The molecular weight excluding hydrogens is 554 g/mol. The second-order valence-electron chi connectivity index (χ2n) is 11.7. The molecule has 2 aromatic rings. The van der Waals surface area contributed by atoms with Crippen LogP contribution in [-0.4, -0.2) is 83.5 Å². The molecule has 3 heterocycles. The normalized spacial score (nSPS) is 28.2. The fourth-order valence-electron chi connectivity index (χ4n) is 5.25. The standard InChI is InChI=1S/C29H34F2N4O7/c1-28(2,3)23-25(36)35-15-16(14-19(35)26(37)39-4)41-24-22(32-17-8-5-6-9-18(17)33-24)29(30,31)12-7-13-40-20-10-11-21(20)42-27(38)34-23/h5-9,12,16,19-21,23H,10-11,13-15H2,1-4H3,(H,34,38). The van der Waals surface area contributed by atoms with Crippen molar-refractivity contribution in [3.8, 4) is 5.88 Å². The van der Waals surface area contributed by atoms with E-state index < -0.39 is 71.3 Å². The lowest BCUT2D eigenvalue weighted by molar-refractivity contribution is -0.152. The second-order valence-corrected chi connectivity index (χ2v) is 11.7. The average molecular weight is 589 g/mol. The van der Waals surface area contributed by atoms with E-state index in [0.717, 1.165) is 0 Å². The Morgan fingerprint density at radius 1 is 1.10 bits per heavy atom. The number of allylic oxidation sites excluding steroid dienone is 1. The summed E-state index contributed by atoms with van der Waals surface area (Å²) < 4.78 is 53.4. The molecule has 1 aromatic heterocycles. The minimum atomic E-state index is -3.59. The van der Waals surface area contributed by atoms with Crippen LogP contribution in [0.5, 0.6) is 5.88 Å². The zero-order valence-corrected chi connectivity index (χ0v) is 23.8. The van der Waals surface area contributed by atoms with Crippen molar-refractivity contribution < 1.29 is 42.1 Å². The number of nitrogens with zero attached hydrogens (tertiary/aromatic N) is 3. The topological polar surface area (TPSA) is 129 Å². The zero-order valence-electron chi connectivity index (χ0n) is 23.8. The number of fused-ring (bicyclic) bond motifs is 5. The molecule has 226 valence electrons. The molecule has 2 fully saturated rings. The van der Waals surface area contributed by atoms with E-state index in [1.54, 1.807) is 45.0 Å². The quantitative estimate of drug-likeness (QED) is 0.393. The summed E-state index contributed by atoms with van der Waals surface area (Å²) in [6, 6.07) is 4.38. The Morgan fingerprint density at radius 2 is 1.79 bits per heavy atom. The van der Waals surface area contributed by atoms with Crippen molar-refractivity contribution in [1.29, 1.82) is 0 Å². The first-order valence-corrected chi connectivity index (χ1v) is 13.8. The maximum atomic E-state index is 15.6. The van der Waals surface area contributed by atoms with Crippen LogP contribution in [0.15, 0.2) is 36.4 Å². The molecule has 1 N–H and O–H groups in total.